The van der Waals surface area contributed by atoms with Gasteiger partial charge in [0, 0.05) is 17.8 Å². The Morgan fingerprint density at radius 2 is 2.10 bits per heavy atom. The zero-order chi connectivity index (χ0) is 15.2. The maximum Gasteiger partial charge on any atom is 0.411 e. The second kappa shape index (κ2) is 7.64. The predicted octanol–water partition coefficient (Wildman–Crippen LogP) is 2.52. The van der Waals surface area contributed by atoms with E-state index in [-0.39, 0.29) is 6.61 Å². The van der Waals surface area contributed by atoms with Gasteiger partial charge in [-0.3, -0.25) is 4.68 Å². The predicted molar refractivity (Wildman–Crippen MR) is 70.4 cm³/mol. The molecule has 0 aromatic carbocycles. The fourth-order valence-electron chi connectivity index (χ4n) is 1.72. The third kappa shape index (κ3) is 6.38. The van der Waals surface area contributed by atoms with Crippen molar-refractivity contribution in [3.8, 4) is 0 Å². The molecule has 0 spiro atoms. The van der Waals surface area contributed by atoms with Gasteiger partial charge in [0.2, 0.25) is 0 Å². The zero-order valence-electron chi connectivity index (χ0n) is 12.1. The van der Waals surface area contributed by atoms with Crippen molar-refractivity contribution in [2.24, 2.45) is 5.92 Å². The Morgan fingerprint density at radius 1 is 1.40 bits per heavy atom. The summed E-state index contributed by atoms with van der Waals surface area (Å²) >= 11 is 0. The van der Waals surface area contributed by atoms with Crippen LogP contribution in [0.25, 0.3) is 0 Å². The second-order valence-corrected chi connectivity index (χ2v) is 5.17. The van der Waals surface area contributed by atoms with Crippen LogP contribution in [-0.4, -0.2) is 35.7 Å². The van der Waals surface area contributed by atoms with Gasteiger partial charge in [0.05, 0.1) is 19.3 Å². The molecule has 0 saturated heterocycles. The quantitative estimate of drug-likeness (QED) is 0.749. The topological polar surface area (TPSA) is 39.1 Å². The van der Waals surface area contributed by atoms with Crippen molar-refractivity contribution in [3.05, 3.63) is 17.5 Å². The molecule has 116 valence electrons. The van der Waals surface area contributed by atoms with Crippen LogP contribution in [0, 0.1) is 12.8 Å². The van der Waals surface area contributed by atoms with Gasteiger partial charge in [0.15, 0.2) is 0 Å². The Labute approximate surface area is 117 Å². The van der Waals surface area contributed by atoms with Crippen LogP contribution >= 0.6 is 0 Å². The first kappa shape index (κ1) is 17.0. The third-order valence-electron chi connectivity index (χ3n) is 2.79. The van der Waals surface area contributed by atoms with Crippen LogP contribution < -0.4 is 5.32 Å². The minimum absolute atomic E-state index is 0.000886. The molecule has 0 aliphatic carbocycles. The molecule has 0 bridgehead atoms. The molecule has 0 radical (unpaired) electrons. The molecule has 0 atom stereocenters. The van der Waals surface area contributed by atoms with Gasteiger partial charge in [-0.25, -0.2) is 0 Å². The van der Waals surface area contributed by atoms with Gasteiger partial charge in [-0.05, 0) is 19.4 Å². The van der Waals surface area contributed by atoms with Crippen LogP contribution in [0.15, 0.2) is 6.20 Å². The number of halogens is 3. The maximum atomic E-state index is 11.9. The second-order valence-electron chi connectivity index (χ2n) is 5.17. The van der Waals surface area contributed by atoms with Crippen LogP contribution in [-0.2, 0) is 17.8 Å². The summed E-state index contributed by atoms with van der Waals surface area (Å²) in [5, 5.41) is 7.47. The van der Waals surface area contributed by atoms with E-state index >= 15 is 0 Å². The average molecular weight is 293 g/mol. The van der Waals surface area contributed by atoms with Crippen LogP contribution in [0.1, 0.15) is 25.1 Å². The molecule has 0 saturated carbocycles. The summed E-state index contributed by atoms with van der Waals surface area (Å²) < 4.78 is 42.0. The fourth-order valence-corrected chi connectivity index (χ4v) is 1.72. The highest BCUT2D eigenvalue weighted by molar-refractivity contribution is 5.15. The van der Waals surface area contributed by atoms with E-state index in [2.05, 4.69) is 29.0 Å². The van der Waals surface area contributed by atoms with E-state index in [1.165, 1.54) is 0 Å². The summed E-state index contributed by atoms with van der Waals surface area (Å²) in [4.78, 5) is 0. The van der Waals surface area contributed by atoms with E-state index in [4.69, 9.17) is 0 Å². The molecular weight excluding hydrogens is 271 g/mol. The highest BCUT2D eigenvalue weighted by Crippen LogP contribution is 2.14. The number of nitrogens with zero attached hydrogens (tertiary/aromatic N) is 2. The van der Waals surface area contributed by atoms with Gasteiger partial charge >= 0.3 is 6.18 Å². The Balaban J connectivity index is 2.35. The van der Waals surface area contributed by atoms with E-state index in [1.54, 1.807) is 10.9 Å². The smallest absolute Gasteiger partial charge is 0.370 e. The number of rotatable bonds is 8. The molecule has 0 unspecified atom stereocenters. The number of hydrogen-bond acceptors (Lipinski definition) is 3. The molecular formula is C13H22F3N3O. The summed E-state index contributed by atoms with van der Waals surface area (Å²) in [7, 11) is 0. The van der Waals surface area contributed by atoms with E-state index in [9.17, 15) is 13.2 Å². The van der Waals surface area contributed by atoms with Gasteiger partial charge in [-0.2, -0.15) is 18.3 Å². The molecule has 1 N–H and O–H groups in total. The summed E-state index contributed by atoms with van der Waals surface area (Å²) in [6, 6.07) is 0. The van der Waals surface area contributed by atoms with Gasteiger partial charge in [0.1, 0.15) is 6.61 Å². The van der Waals surface area contributed by atoms with Crippen LogP contribution in [0.4, 0.5) is 13.2 Å². The minimum Gasteiger partial charge on any atom is -0.370 e. The first-order chi connectivity index (χ1) is 9.29. The third-order valence-corrected chi connectivity index (χ3v) is 2.79. The standard InChI is InChI=1S/C13H22F3N3O/c1-10(2)6-17-7-12-8-18-19(11(12)3)4-5-20-9-13(14,15)16/h8,10,17H,4-7,9H2,1-3H3. The van der Waals surface area contributed by atoms with Crippen molar-refractivity contribution in [3.63, 3.8) is 0 Å². The Morgan fingerprint density at radius 3 is 2.70 bits per heavy atom. The maximum absolute atomic E-state index is 11.9. The minimum atomic E-state index is -4.27. The highest BCUT2D eigenvalue weighted by atomic mass is 19.4. The van der Waals surface area contributed by atoms with Crippen molar-refractivity contribution >= 4 is 0 Å². The van der Waals surface area contributed by atoms with Gasteiger partial charge in [-0.1, -0.05) is 13.8 Å². The van der Waals surface area contributed by atoms with Gasteiger partial charge in [0.25, 0.3) is 0 Å². The lowest BCUT2D eigenvalue weighted by molar-refractivity contribution is -0.174. The fraction of sp³-hybridized carbons (Fsp3) is 0.769. The highest BCUT2D eigenvalue weighted by Gasteiger charge is 2.27. The number of alkyl halides is 3. The van der Waals surface area contributed by atoms with Crippen molar-refractivity contribution in [2.45, 2.75) is 40.0 Å². The molecule has 1 aromatic heterocycles. The van der Waals surface area contributed by atoms with E-state index in [0.29, 0.717) is 19.0 Å². The zero-order valence-corrected chi connectivity index (χ0v) is 12.1. The normalized spacial score (nSPS) is 12.3. The summed E-state index contributed by atoms with van der Waals surface area (Å²) in [6.45, 7) is 6.90. The van der Waals surface area contributed by atoms with Crippen LogP contribution in [0.2, 0.25) is 0 Å². The Kier molecular flexibility index (Phi) is 6.48. The largest absolute Gasteiger partial charge is 0.411 e. The van der Waals surface area contributed by atoms with Crippen molar-refractivity contribution < 1.29 is 17.9 Å². The van der Waals surface area contributed by atoms with E-state index in [0.717, 1.165) is 17.8 Å². The SMILES string of the molecule is Cc1c(CNCC(C)C)cnn1CCOCC(F)(F)F. The van der Waals surface area contributed by atoms with E-state index < -0.39 is 12.8 Å². The molecule has 7 heteroatoms. The summed E-state index contributed by atoms with van der Waals surface area (Å²) in [5.74, 6) is 0.570. The summed E-state index contributed by atoms with van der Waals surface area (Å²) in [5.41, 5.74) is 2.01. The molecule has 1 aromatic rings. The Hall–Kier alpha value is -1.08. The summed E-state index contributed by atoms with van der Waals surface area (Å²) in [6.07, 6.45) is -2.53. The lowest BCUT2D eigenvalue weighted by atomic mass is 10.2. The van der Waals surface area contributed by atoms with Crippen molar-refractivity contribution in [2.75, 3.05) is 19.8 Å². The van der Waals surface area contributed by atoms with E-state index in [1.807, 2.05) is 6.92 Å². The molecule has 4 nitrogen and oxygen atoms in total. The van der Waals surface area contributed by atoms with Crippen LogP contribution in [0.5, 0.6) is 0 Å². The molecule has 0 amide bonds. The first-order valence-electron chi connectivity index (χ1n) is 6.66. The molecule has 1 heterocycles. The Bertz CT molecular complexity index is 402. The number of aromatic nitrogens is 2. The number of nitrogens with one attached hydrogen (secondary N) is 1. The molecule has 0 aliphatic heterocycles. The number of ether oxygens (including phenoxy) is 1. The van der Waals surface area contributed by atoms with Gasteiger partial charge < -0.3 is 10.1 Å². The van der Waals surface area contributed by atoms with Crippen molar-refractivity contribution in [1.82, 2.24) is 15.1 Å². The van der Waals surface area contributed by atoms with Crippen LogP contribution in [0.3, 0.4) is 0 Å². The van der Waals surface area contributed by atoms with Crippen molar-refractivity contribution in [1.29, 1.82) is 0 Å². The molecule has 20 heavy (non-hydrogen) atoms. The molecule has 1 rings (SSSR count). The molecule has 0 fully saturated rings. The van der Waals surface area contributed by atoms with Gasteiger partial charge in [-0.15, -0.1) is 0 Å². The lowest BCUT2D eigenvalue weighted by Crippen LogP contribution is -2.20. The molecule has 0 aliphatic rings. The number of hydrogen-bond donors (Lipinski definition) is 1. The lowest BCUT2D eigenvalue weighted by Gasteiger charge is -2.09. The average Bonchev–Trinajstić information content (AvgIpc) is 2.65. The monoisotopic (exact) mass is 293 g/mol. The first-order valence-corrected chi connectivity index (χ1v) is 6.66.